The molecule has 0 radical (unpaired) electrons. The average molecular weight is 267 g/mol. The Balaban J connectivity index is 2.95. The molecule has 0 unspecified atom stereocenters. The van der Waals surface area contributed by atoms with Gasteiger partial charge in [0.05, 0.1) is 6.54 Å². The molecule has 1 amide bonds. The molecule has 0 bridgehead atoms. The molecule has 0 atom stereocenters. The summed E-state index contributed by atoms with van der Waals surface area (Å²) in [4.78, 5) is 21.3. The van der Waals surface area contributed by atoms with E-state index < -0.39 is 5.91 Å². The molecule has 1 aromatic rings. The Morgan fingerprint density at radius 2 is 2.21 bits per heavy atom. The Bertz CT molecular complexity index is 425. The lowest BCUT2D eigenvalue weighted by Crippen LogP contribution is -2.35. The average Bonchev–Trinajstić information content (AvgIpc) is 2.33. The van der Waals surface area contributed by atoms with E-state index in [0.717, 1.165) is 12.8 Å². The van der Waals surface area contributed by atoms with Gasteiger partial charge >= 0.3 is 0 Å². The first-order valence-electron chi connectivity index (χ1n) is 6.22. The highest BCUT2D eigenvalue weighted by Gasteiger charge is 2.12. The number of nitrogen functional groups attached to an aromatic ring is 1. The SMILES string of the molecule is CCCCN(CC(N)=O)c1cc(N)nc(COC)n1. The molecule has 106 valence electrons. The summed E-state index contributed by atoms with van der Waals surface area (Å²) in [5.74, 6) is 1.04. The summed E-state index contributed by atoms with van der Waals surface area (Å²) in [6, 6.07) is 1.64. The van der Waals surface area contributed by atoms with E-state index in [1.807, 2.05) is 4.90 Å². The summed E-state index contributed by atoms with van der Waals surface area (Å²) in [6.45, 7) is 3.16. The molecule has 0 fully saturated rings. The van der Waals surface area contributed by atoms with Gasteiger partial charge in [0.25, 0.3) is 0 Å². The van der Waals surface area contributed by atoms with Crippen molar-refractivity contribution < 1.29 is 9.53 Å². The van der Waals surface area contributed by atoms with Gasteiger partial charge < -0.3 is 21.1 Å². The van der Waals surface area contributed by atoms with Crippen LogP contribution >= 0.6 is 0 Å². The topological polar surface area (TPSA) is 107 Å². The third-order valence-electron chi connectivity index (χ3n) is 2.50. The number of amides is 1. The number of rotatable bonds is 8. The maximum absolute atomic E-state index is 11.1. The Kier molecular flexibility index (Phi) is 6.01. The summed E-state index contributed by atoms with van der Waals surface area (Å²) in [5, 5.41) is 0. The van der Waals surface area contributed by atoms with Crippen LogP contribution in [0.15, 0.2) is 6.07 Å². The fourth-order valence-corrected chi connectivity index (χ4v) is 1.67. The largest absolute Gasteiger partial charge is 0.384 e. The number of hydrogen-bond acceptors (Lipinski definition) is 6. The highest BCUT2D eigenvalue weighted by molar-refractivity contribution is 5.79. The normalized spacial score (nSPS) is 10.4. The minimum atomic E-state index is -0.401. The predicted octanol–water partition coefficient (Wildman–Crippen LogP) is 0.297. The summed E-state index contributed by atoms with van der Waals surface area (Å²) >= 11 is 0. The van der Waals surface area contributed by atoms with Gasteiger partial charge in [0.15, 0.2) is 5.82 Å². The van der Waals surface area contributed by atoms with E-state index in [1.165, 1.54) is 0 Å². The van der Waals surface area contributed by atoms with E-state index in [0.29, 0.717) is 24.0 Å². The highest BCUT2D eigenvalue weighted by Crippen LogP contribution is 2.15. The number of aromatic nitrogens is 2. The molecule has 4 N–H and O–H groups in total. The number of nitrogens with two attached hydrogens (primary N) is 2. The van der Waals surface area contributed by atoms with Gasteiger partial charge in [-0.25, -0.2) is 9.97 Å². The van der Waals surface area contributed by atoms with Crippen molar-refractivity contribution in [1.82, 2.24) is 9.97 Å². The molecule has 1 aromatic heterocycles. The van der Waals surface area contributed by atoms with Crippen LogP contribution in [0.25, 0.3) is 0 Å². The van der Waals surface area contributed by atoms with Gasteiger partial charge in [-0.05, 0) is 6.42 Å². The maximum Gasteiger partial charge on any atom is 0.236 e. The van der Waals surface area contributed by atoms with Crippen molar-refractivity contribution in [1.29, 1.82) is 0 Å². The second-order valence-corrected chi connectivity index (χ2v) is 4.24. The molecular formula is C12H21N5O2. The molecular weight excluding hydrogens is 246 g/mol. The number of unbranched alkanes of at least 4 members (excludes halogenated alkanes) is 1. The number of nitrogens with zero attached hydrogens (tertiary/aromatic N) is 3. The Hall–Kier alpha value is -1.89. The monoisotopic (exact) mass is 267 g/mol. The van der Waals surface area contributed by atoms with Gasteiger partial charge in [0.1, 0.15) is 18.2 Å². The van der Waals surface area contributed by atoms with Crippen LogP contribution in [0, 0.1) is 0 Å². The predicted molar refractivity (Wildman–Crippen MR) is 73.5 cm³/mol. The summed E-state index contributed by atoms with van der Waals surface area (Å²) in [5.41, 5.74) is 11.0. The molecule has 0 aliphatic rings. The number of hydrogen-bond donors (Lipinski definition) is 2. The van der Waals surface area contributed by atoms with Crippen LogP contribution in [-0.2, 0) is 16.1 Å². The van der Waals surface area contributed by atoms with Crippen LogP contribution < -0.4 is 16.4 Å². The van der Waals surface area contributed by atoms with Crippen molar-refractivity contribution in [3.8, 4) is 0 Å². The smallest absolute Gasteiger partial charge is 0.236 e. The van der Waals surface area contributed by atoms with E-state index in [1.54, 1.807) is 13.2 Å². The van der Waals surface area contributed by atoms with Gasteiger partial charge in [0, 0.05) is 19.7 Å². The molecule has 1 heterocycles. The second-order valence-electron chi connectivity index (χ2n) is 4.24. The van der Waals surface area contributed by atoms with Crippen molar-refractivity contribution in [3.63, 3.8) is 0 Å². The molecule has 0 spiro atoms. The Morgan fingerprint density at radius 3 is 2.79 bits per heavy atom. The maximum atomic E-state index is 11.1. The number of anilines is 2. The van der Waals surface area contributed by atoms with Crippen LogP contribution in [0.3, 0.4) is 0 Å². The summed E-state index contributed by atoms with van der Waals surface area (Å²) < 4.78 is 4.99. The quantitative estimate of drug-likeness (QED) is 0.701. The van der Waals surface area contributed by atoms with Gasteiger partial charge in [-0.3, -0.25) is 4.79 Å². The number of methoxy groups -OCH3 is 1. The fourth-order valence-electron chi connectivity index (χ4n) is 1.67. The fraction of sp³-hybridized carbons (Fsp3) is 0.583. The van der Waals surface area contributed by atoms with Crippen molar-refractivity contribution in [2.75, 3.05) is 30.8 Å². The van der Waals surface area contributed by atoms with E-state index in [9.17, 15) is 4.79 Å². The molecule has 0 aliphatic carbocycles. The van der Waals surface area contributed by atoms with Crippen molar-refractivity contribution in [3.05, 3.63) is 11.9 Å². The third kappa shape index (κ3) is 5.09. The molecule has 0 aromatic carbocycles. The number of carbonyl (C=O) groups excluding carboxylic acids is 1. The lowest BCUT2D eigenvalue weighted by molar-refractivity contribution is -0.116. The highest BCUT2D eigenvalue weighted by atomic mass is 16.5. The number of ether oxygens (including phenoxy) is 1. The Morgan fingerprint density at radius 1 is 1.47 bits per heavy atom. The first-order chi connectivity index (χ1) is 9.06. The van der Waals surface area contributed by atoms with Crippen LogP contribution in [-0.4, -0.2) is 36.1 Å². The molecule has 7 heteroatoms. The second kappa shape index (κ2) is 7.52. The minimum Gasteiger partial charge on any atom is -0.384 e. The third-order valence-corrected chi connectivity index (χ3v) is 2.50. The van der Waals surface area contributed by atoms with E-state index in [2.05, 4.69) is 16.9 Å². The summed E-state index contributed by atoms with van der Waals surface area (Å²) in [6.07, 6.45) is 1.96. The molecule has 7 nitrogen and oxygen atoms in total. The standard InChI is InChI=1S/C12H21N5O2/c1-3-4-5-17(7-10(14)18)12-6-9(13)15-11(16-12)8-19-2/h6H,3-5,7-8H2,1-2H3,(H2,14,18)(H2,13,15,16). The van der Waals surface area contributed by atoms with Crippen molar-refractivity contribution in [2.24, 2.45) is 5.73 Å². The van der Waals surface area contributed by atoms with Gasteiger partial charge in [-0.2, -0.15) is 0 Å². The number of carbonyl (C=O) groups is 1. The lowest BCUT2D eigenvalue weighted by atomic mass is 10.3. The summed E-state index contributed by atoms with van der Waals surface area (Å²) in [7, 11) is 1.56. The van der Waals surface area contributed by atoms with E-state index in [-0.39, 0.29) is 13.2 Å². The van der Waals surface area contributed by atoms with Gasteiger partial charge in [-0.1, -0.05) is 13.3 Å². The van der Waals surface area contributed by atoms with E-state index >= 15 is 0 Å². The zero-order valence-corrected chi connectivity index (χ0v) is 11.4. The molecule has 0 saturated carbocycles. The molecule has 1 rings (SSSR count). The van der Waals surface area contributed by atoms with Gasteiger partial charge in [-0.15, -0.1) is 0 Å². The first kappa shape index (κ1) is 15.2. The van der Waals surface area contributed by atoms with Crippen LogP contribution in [0.2, 0.25) is 0 Å². The van der Waals surface area contributed by atoms with Crippen LogP contribution in [0.1, 0.15) is 25.6 Å². The first-order valence-corrected chi connectivity index (χ1v) is 6.22. The zero-order chi connectivity index (χ0) is 14.3. The molecule has 19 heavy (non-hydrogen) atoms. The van der Waals surface area contributed by atoms with E-state index in [4.69, 9.17) is 16.2 Å². The van der Waals surface area contributed by atoms with Crippen molar-refractivity contribution in [2.45, 2.75) is 26.4 Å². The van der Waals surface area contributed by atoms with Crippen LogP contribution in [0.4, 0.5) is 11.6 Å². The molecule has 0 aliphatic heterocycles. The van der Waals surface area contributed by atoms with Crippen LogP contribution in [0.5, 0.6) is 0 Å². The Labute approximate surface area is 113 Å². The lowest BCUT2D eigenvalue weighted by Gasteiger charge is -2.22. The number of primary amides is 1. The minimum absolute atomic E-state index is 0.114. The van der Waals surface area contributed by atoms with Crippen molar-refractivity contribution >= 4 is 17.5 Å². The van der Waals surface area contributed by atoms with Gasteiger partial charge in [0.2, 0.25) is 5.91 Å². The molecule has 0 saturated heterocycles. The zero-order valence-electron chi connectivity index (χ0n) is 11.4.